The molecule has 0 heterocycles. The van der Waals surface area contributed by atoms with Gasteiger partial charge in [-0.05, 0) is 43.9 Å². The van der Waals surface area contributed by atoms with Crippen LogP contribution in [0.3, 0.4) is 0 Å². The lowest BCUT2D eigenvalue weighted by molar-refractivity contribution is -0.0319. The molecule has 0 aliphatic heterocycles. The summed E-state index contributed by atoms with van der Waals surface area (Å²) in [6.07, 6.45) is 1.03. The second kappa shape index (κ2) is 7.66. The molecule has 2 heteroatoms. The van der Waals surface area contributed by atoms with E-state index in [0.717, 1.165) is 19.5 Å². The van der Waals surface area contributed by atoms with Gasteiger partial charge >= 0.3 is 0 Å². The fraction of sp³-hybridized carbons (Fsp3) is 0.647. The summed E-state index contributed by atoms with van der Waals surface area (Å²) >= 11 is 0. The first-order valence-electron chi connectivity index (χ1n) is 7.36. The van der Waals surface area contributed by atoms with Gasteiger partial charge in [0.05, 0.1) is 12.2 Å². The summed E-state index contributed by atoms with van der Waals surface area (Å²) in [7, 11) is 0. The van der Waals surface area contributed by atoms with Crippen LogP contribution in [0.2, 0.25) is 0 Å². The lowest BCUT2D eigenvalue weighted by Gasteiger charge is -2.24. The largest absolute Gasteiger partial charge is 0.371 e. The van der Waals surface area contributed by atoms with E-state index in [0.29, 0.717) is 12.5 Å². The van der Waals surface area contributed by atoms with Crippen molar-refractivity contribution < 1.29 is 4.74 Å². The molecule has 0 bridgehead atoms. The zero-order chi connectivity index (χ0) is 14.3. The zero-order valence-electron chi connectivity index (χ0n) is 13.1. The molecule has 0 fully saturated rings. The predicted octanol–water partition coefficient (Wildman–Crippen LogP) is 4.14. The number of hydrogen-bond donors (Lipinski definition) is 1. The minimum Gasteiger partial charge on any atom is -0.371 e. The Balaban J connectivity index is 2.57. The van der Waals surface area contributed by atoms with E-state index < -0.39 is 0 Å². The Morgan fingerprint density at radius 3 is 2.37 bits per heavy atom. The Kier molecular flexibility index (Phi) is 6.53. The summed E-state index contributed by atoms with van der Waals surface area (Å²) in [6.45, 7) is 13.6. The molecular weight excluding hydrogens is 234 g/mol. The highest BCUT2D eigenvalue weighted by atomic mass is 16.5. The average Bonchev–Trinajstić information content (AvgIpc) is 2.37. The van der Waals surface area contributed by atoms with Gasteiger partial charge < -0.3 is 10.1 Å². The first-order chi connectivity index (χ1) is 8.94. The van der Waals surface area contributed by atoms with Crippen LogP contribution in [0, 0.1) is 5.92 Å². The van der Waals surface area contributed by atoms with Crippen molar-refractivity contribution >= 4 is 0 Å². The van der Waals surface area contributed by atoms with E-state index in [1.54, 1.807) is 0 Å². The molecule has 0 aromatic heterocycles. The Morgan fingerprint density at radius 2 is 1.79 bits per heavy atom. The minimum atomic E-state index is -0.0432. The van der Waals surface area contributed by atoms with Crippen molar-refractivity contribution in [3.05, 3.63) is 35.4 Å². The predicted molar refractivity (Wildman–Crippen MR) is 82.1 cm³/mol. The third-order valence-electron chi connectivity index (χ3n) is 3.46. The summed E-state index contributed by atoms with van der Waals surface area (Å²) in [5, 5.41) is 3.50. The van der Waals surface area contributed by atoms with E-state index in [4.69, 9.17) is 4.74 Å². The molecule has 108 valence electrons. The van der Waals surface area contributed by atoms with Crippen LogP contribution >= 0.6 is 0 Å². The molecule has 0 aliphatic rings. The molecule has 1 aromatic rings. The number of hydrogen-bond acceptors (Lipinski definition) is 2. The molecule has 0 amide bonds. The van der Waals surface area contributed by atoms with Crippen LogP contribution in [-0.4, -0.2) is 12.1 Å². The number of nitrogens with one attached hydrogen (secondary N) is 1. The lowest BCUT2D eigenvalue weighted by Crippen LogP contribution is -2.24. The Bertz CT molecular complexity index is 371. The standard InChI is InChI=1S/C17H29NO/c1-6-17(4,5)19-13-16-10-8-7-9-15(16)12-18-11-14(2)3/h7-10,14,18H,6,11-13H2,1-5H3. The average molecular weight is 263 g/mol. The van der Waals surface area contributed by atoms with Crippen LogP contribution in [0.25, 0.3) is 0 Å². The normalized spacial score (nSPS) is 12.1. The number of ether oxygens (including phenoxy) is 1. The highest BCUT2D eigenvalue weighted by molar-refractivity contribution is 5.26. The van der Waals surface area contributed by atoms with E-state index in [9.17, 15) is 0 Å². The summed E-state index contributed by atoms with van der Waals surface area (Å²) in [4.78, 5) is 0. The summed E-state index contributed by atoms with van der Waals surface area (Å²) in [5.41, 5.74) is 2.59. The Hall–Kier alpha value is -0.860. The van der Waals surface area contributed by atoms with Crippen molar-refractivity contribution in [1.29, 1.82) is 0 Å². The maximum Gasteiger partial charge on any atom is 0.0727 e. The molecular formula is C17H29NO. The van der Waals surface area contributed by atoms with E-state index in [1.165, 1.54) is 11.1 Å². The van der Waals surface area contributed by atoms with E-state index in [1.807, 2.05) is 0 Å². The van der Waals surface area contributed by atoms with Crippen LogP contribution in [0.1, 0.15) is 52.2 Å². The monoisotopic (exact) mass is 263 g/mol. The lowest BCUT2D eigenvalue weighted by atomic mass is 10.1. The fourth-order valence-corrected chi connectivity index (χ4v) is 1.74. The van der Waals surface area contributed by atoms with Crippen LogP contribution in [0.15, 0.2) is 24.3 Å². The third kappa shape index (κ3) is 6.22. The SMILES string of the molecule is CCC(C)(C)OCc1ccccc1CNCC(C)C. The fourth-order valence-electron chi connectivity index (χ4n) is 1.74. The minimum absolute atomic E-state index is 0.0432. The highest BCUT2D eigenvalue weighted by Gasteiger charge is 2.15. The molecule has 0 saturated carbocycles. The molecule has 0 unspecified atom stereocenters. The van der Waals surface area contributed by atoms with Crippen molar-refractivity contribution in [2.75, 3.05) is 6.54 Å². The van der Waals surface area contributed by atoms with Crippen LogP contribution in [-0.2, 0) is 17.9 Å². The number of rotatable bonds is 8. The van der Waals surface area contributed by atoms with Gasteiger partial charge in [0.25, 0.3) is 0 Å². The van der Waals surface area contributed by atoms with E-state index >= 15 is 0 Å². The second-order valence-electron chi connectivity index (χ2n) is 6.20. The van der Waals surface area contributed by atoms with Crippen molar-refractivity contribution in [2.45, 2.75) is 59.8 Å². The maximum atomic E-state index is 6.00. The van der Waals surface area contributed by atoms with Crippen LogP contribution < -0.4 is 5.32 Å². The molecule has 0 radical (unpaired) electrons. The van der Waals surface area contributed by atoms with Gasteiger partial charge in [0, 0.05) is 6.54 Å². The van der Waals surface area contributed by atoms with Crippen molar-refractivity contribution in [3.8, 4) is 0 Å². The Labute approximate surface area is 118 Å². The van der Waals surface area contributed by atoms with Gasteiger partial charge in [-0.25, -0.2) is 0 Å². The molecule has 0 atom stereocenters. The van der Waals surface area contributed by atoms with Crippen molar-refractivity contribution in [2.24, 2.45) is 5.92 Å². The summed E-state index contributed by atoms with van der Waals surface area (Å²) in [5.74, 6) is 0.683. The van der Waals surface area contributed by atoms with Crippen LogP contribution in [0.4, 0.5) is 0 Å². The van der Waals surface area contributed by atoms with Crippen molar-refractivity contribution in [3.63, 3.8) is 0 Å². The smallest absolute Gasteiger partial charge is 0.0727 e. The molecule has 0 aliphatic carbocycles. The van der Waals surface area contributed by atoms with Gasteiger partial charge in [0.2, 0.25) is 0 Å². The number of benzene rings is 1. The van der Waals surface area contributed by atoms with Crippen molar-refractivity contribution in [1.82, 2.24) is 5.32 Å². The van der Waals surface area contributed by atoms with Crippen LogP contribution in [0.5, 0.6) is 0 Å². The molecule has 1 N–H and O–H groups in total. The zero-order valence-corrected chi connectivity index (χ0v) is 13.1. The van der Waals surface area contributed by atoms with Gasteiger partial charge in [0.1, 0.15) is 0 Å². The third-order valence-corrected chi connectivity index (χ3v) is 3.46. The molecule has 1 aromatic carbocycles. The summed E-state index contributed by atoms with van der Waals surface area (Å²) < 4.78 is 6.00. The topological polar surface area (TPSA) is 21.3 Å². The molecule has 0 spiro atoms. The van der Waals surface area contributed by atoms with E-state index in [-0.39, 0.29) is 5.60 Å². The highest BCUT2D eigenvalue weighted by Crippen LogP contribution is 2.18. The van der Waals surface area contributed by atoms with E-state index in [2.05, 4.69) is 64.2 Å². The first-order valence-corrected chi connectivity index (χ1v) is 7.36. The Morgan fingerprint density at radius 1 is 1.16 bits per heavy atom. The summed E-state index contributed by atoms with van der Waals surface area (Å²) in [6, 6.07) is 8.54. The van der Waals surface area contributed by atoms with Gasteiger partial charge in [-0.1, -0.05) is 45.0 Å². The molecule has 0 saturated heterocycles. The second-order valence-corrected chi connectivity index (χ2v) is 6.20. The van der Waals surface area contributed by atoms with Gasteiger partial charge in [-0.15, -0.1) is 0 Å². The van der Waals surface area contributed by atoms with Gasteiger partial charge in [-0.2, -0.15) is 0 Å². The molecule has 19 heavy (non-hydrogen) atoms. The quantitative estimate of drug-likeness (QED) is 0.761. The first kappa shape index (κ1) is 16.2. The molecule has 2 nitrogen and oxygen atoms in total. The maximum absolute atomic E-state index is 6.00. The molecule has 1 rings (SSSR count). The van der Waals surface area contributed by atoms with Gasteiger partial charge in [0.15, 0.2) is 0 Å². The van der Waals surface area contributed by atoms with Gasteiger partial charge in [-0.3, -0.25) is 0 Å².